The fourth-order valence-electron chi connectivity index (χ4n) is 2.81. The summed E-state index contributed by atoms with van der Waals surface area (Å²) in [5, 5.41) is 6.42. The summed E-state index contributed by atoms with van der Waals surface area (Å²) in [4.78, 5) is 18.9. The highest BCUT2D eigenvalue weighted by Gasteiger charge is 2.30. The van der Waals surface area contributed by atoms with Crippen LogP contribution in [0.4, 0.5) is 5.69 Å². The van der Waals surface area contributed by atoms with E-state index in [0.717, 1.165) is 30.1 Å². The van der Waals surface area contributed by atoms with Crippen LogP contribution in [0.5, 0.6) is 0 Å². The van der Waals surface area contributed by atoms with E-state index in [1.165, 1.54) is 5.56 Å². The van der Waals surface area contributed by atoms with Gasteiger partial charge in [0.1, 0.15) is 5.01 Å². The van der Waals surface area contributed by atoms with Crippen LogP contribution in [0, 0.1) is 0 Å². The van der Waals surface area contributed by atoms with Crippen LogP contribution in [0.15, 0.2) is 35.8 Å². The molecule has 0 fully saturated rings. The van der Waals surface area contributed by atoms with E-state index in [4.69, 9.17) is 0 Å². The van der Waals surface area contributed by atoms with Crippen LogP contribution in [-0.2, 0) is 16.8 Å². The molecule has 0 aliphatic carbocycles. The highest BCUT2D eigenvalue weighted by atomic mass is 32.1. The fraction of sp³-hybridized carbons (Fsp3) is 0.412. The van der Waals surface area contributed by atoms with Crippen molar-refractivity contribution < 1.29 is 4.79 Å². The molecule has 1 aromatic carbocycles. The summed E-state index contributed by atoms with van der Waals surface area (Å²) in [5.41, 5.74) is 2.07. The van der Waals surface area contributed by atoms with Crippen molar-refractivity contribution in [2.45, 2.75) is 32.2 Å². The van der Waals surface area contributed by atoms with Crippen LogP contribution in [0.2, 0.25) is 0 Å². The first-order valence-corrected chi connectivity index (χ1v) is 8.55. The van der Waals surface area contributed by atoms with Crippen molar-refractivity contribution in [2.75, 3.05) is 18.0 Å². The Morgan fingerprint density at radius 3 is 3.00 bits per heavy atom. The van der Waals surface area contributed by atoms with Crippen LogP contribution < -0.4 is 10.2 Å². The Kier molecular flexibility index (Phi) is 4.27. The third kappa shape index (κ3) is 2.78. The Bertz CT molecular complexity index is 656. The maximum Gasteiger partial charge on any atom is 0.240 e. The minimum absolute atomic E-state index is 0.126. The molecular formula is C17H21N3OS. The van der Waals surface area contributed by atoms with Gasteiger partial charge in [0.25, 0.3) is 0 Å². The van der Waals surface area contributed by atoms with Crippen LogP contribution in [0.3, 0.4) is 0 Å². The lowest BCUT2D eigenvalue weighted by Crippen LogP contribution is -2.46. The lowest BCUT2D eigenvalue weighted by atomic mass is 10.00. The highest BCUT2D eigenvalue weighted by molar-refractivity contribution is 7.09. The number of benzene rings is 1. The fourth-order valence-corrected chi connectivity index (χ4v) is 3.66. The molecule has 1 unspecified atom stereocenters. The lowest BCUT2D eigenvalue weighted by molar-refractivity contribution is -0.118. The van der Waals surface area contributed by atoms with Crippen molar-refractivity contribution in [3.05, 3.63) is 46.4 Å². The van der Waals surface area contributed by atoms with Gasteiger partial charge in [-0.1, -0.05) is 25.1 Å². The molecule has 0 bridgehead atoms. The third-order valence-corrected chi connectivity index (χ3v) is 5.47. The minimum atomic E-state index is -0.247. The first kappa shape index (κ1) is 15.2. The number of fused-ring (bicyclic) bond motifs is 1. The number of amides is 1. The molecule has 22 heavy (non-hydrogen) atoms. The van der Waals surface area contributed by atoms with Gasteiger partial charge in [0, 0.05) is 23.8 Å². The smallest absolute Gasteiger partial charge is 0.240 e. The number of anilines is 1. The largest absolute Gasteiger partial charge is 0.311 e. The molecule has 0 saturated carbocycles. The Morgan fingerprint density at radius 2 is 2.27 bits per heavy atom. The molecular weight excluding hydrogens is 294 g/mol. The first-order chi connectivity index (χ1) is 10.6. The third-order valence-electron chi connectivity index (χ3n) is 4.43. The molecule has 0 saturated heterocycles. The van der Waals surface area contributed by atoms with E-state index in [-0.39, 0.29) is 11.4 Å². The van der Waals surface area contributed by atoms with E-state index < -0.39 is 0 Å². The molecule has 2 heterocycles. The number of rotatable bonds is 5. The predicted octanol–water partition coefficient (Wildman–Crippen LogP) is 2.95. The summed E-state index contributed by atoms with van der Waals surface area (Å²) in [7, 11) is 0. The zero-order chi connectivity index (χ0) is 15.6. The zero-order valence-corrected chi connectivity index (χ0v) is 13.8. The van der Waals surface area contributed by atoms with Crippen molar-refractivity contribution >= 4 is 22.9 Å². The summed E-state index contributed by atoms with van der Waals surface area (Å²) >= 11 is 1.63. The van der Waals surface area contributed by atoms with Gasteiger partial charge < -0.3 is 4.90 Å². The Morgan fingerprint density at radius 1 is 1.45 bits per heavy atom. The maximum absolute atomic E-state index is 12.6. The summed E-state index contributed by atoms with van der Waals surface area (Å²) < 4.78 is 0. The maximum atomic E-state index is 12.6. The van der Waals surface area contributed by atoms with Gasteiger partial charge in [-0.2, -0.15) is 0 Å². The van der Waals surface area contributed by atoms with Gasteiger partial charge in [-0.15, -0.1) is 11.3 Å². The molecule has 0 radical (unpaired) electrons. The Labute approximate surface area is 135 Å². The second-order valence-electron chi connectivity index (χ2n) is 5.80. The van der Waals surface area contributed by atoms with E-state index in [2.05, 4.69) is 30.2 Å². The molecule has 1 N–H and O–H groups in total. The van der Waals surface area contributed by atoms with Gasteiger partial charge >= 0.3 is 0 Å². The zero-order valence-electron chi connectivity index (χ0n) is 13.0. The molecule has 3 rings (SSSR count). The molecule has 5 heteroatoms. The van der Waals surface area contributed by atoms with Crippen molar-refractivity contribution in [2.24, 2.45) is 0 Å². The molecule has 2 aromatic rings. The Hall–Kier alpha value is -1.72. The van der Waals surface area contributed by atoms with Crippen molar-refractivity contribution in [1.29, 1.82) is 0 Å². The standard InChI is InChI=1S/C17H21N3OS/c1-3-17(2,16-18-9-11-22-16)19-12-15(21)20-10-8-13-6-4-5-7-14(13)20/h4-7,9,11,19H,3,8,10,12H2,1-2H3. The number of aromatic nitrogens is 1. The van der Waals surface area contributed by atoms with Gasteiger partial charge in [-0.3, -0.25) is 10.1 Å². The van der Waals surface area contributed by atoms with E-state index in [9.17, 15) is 4.79 Å². The van der Waals surface area contributed by atoms with E-state index in [0.29, 0.717) is 6.54 Å². The monoisotopic (exact) mass is 315 g/mol. The van der Waals surface area contributed by atoms with Crippen LogP contribution in [0.25, 0.3) is 0 Å². The SMILES string of the molecule is CCC(C)(NCC(=O)N1CCc2ccccc21)c1nccs1. The van der Waals surface area contributed by atoms with Crippen LogP contribution >= 0.6 is 11.3 Å². The Balaban J connectivity index is 1.68. The molecule has 0 spiro atoms. The first-order valence-electron chi connectivity index (χ1n) is 7.67. The molecule has 1 atom stereocenters. The minimum Gasteiger partial charge on any atom is -0.311 e. The predicted molar refractivity (Wildman–Crippen MR) is 90.3 cm³/mol. The van der Waals surface area contributed by atoms with Crippen LogP contribution in [-0.4, -0.2) is 24.0 Å². The number of nitrogens with zero attached hydrogens (tertiary/aromatic N) is 2. The van der Waals surface area contributed by atoms with Crippen molar-refractivity contribution in [1.82, 2.24) is 10.3 Å². The van der Waals surface area contributed by atoms with Gasteiger partial charge in [0.2, 0.25) is 5.91 Å². The average molecular weight is 315 g/mol. The summed E-state index contributed by atoms with van der Waals surface area (Å²) in [6, 6.07) is 8.15. The van der Waals surface area contributed by atoms with Gasteiger partial charge in [-0.05, 0) is 31.4 Å². The second-order valence-corrected chi connectivity index (χ2v) is 6.70. The number of hydrogen-bond donors (Lipinski definition) is 1. The van der Waals surface area contributed by atoms with Crippen molar-refractivity contribution in [3.63, 3.8) is 0 Å². The molecule has 4 nitrogen and oxygen atoms in total. The number of nitrogens with one attached hydrogen (secondary N) is 1. The molecule has 1 aliphatic heterocycles. The number of thiazole rings is 1. The molecule has 1 amide bonds. The number of hydrogen-bond acceptors (Lipinski definition) is 4. The number of carbonyl (C=O) groups is 1. The average Bonchev–Trinajstić information content (AvgIpc) is 3.21. The lowest BCUT2D eigenvalue weighted by Gasteiger charge is -2.28. The summed E-state index contributed by atoms with van der Waals surface area (Å²) in [5.74, 6) is 0.126. The normalized spacial score (nSPS) is 16.4. The van der Waals surface area contributed by atoms with Gasteiger partial charge in [0.05, 0.1) is 12.1 Å². The quantitative estimate of drug-likeness (QED) is 0.922. The van der Waals surface area contributed by atoms with Crippen molar-refractivity contribution in [3.8, 4) is 0 Å². The molecule has 1 aromatic heterocycles. The van der Waals surface area contributed by atoms with E-state index in [1.807, 2.05) is 34.7 Å². The summed E-state index contributed by atoms with van der Waals surface area (Å²) in [6.45, 7) is 5.33. The second kappa shape index (κ2) is 6.18. The molecule has 116 valence electrons. The number of carbonyl (C=O) groups excluding carboxylic acids is 1. The number of para-hydroxylation sites is 1. The summed E-state index contributed by atoms with van der Waals surface area (Å²) in [6.07, 6.45) is 3.65. The van der Waals surface area contributed by atoms with Gasteiger partial charge in [-0.25, -0.2) is 4.98 Å². The van der Waals surface area contributed by atoms with E-state index >= 15 is 0 Å². The highest BCUT2D eigenvalue weighted by Crippen LogP contribution is 2.28. The van der Waals surface area contributed by atoms with Gasteiger partial charge in [0.15, 0.2) is 0 Å². The molecule has 1 aliphatic rings. The van der Waals surface area contributed by atoms with E-state index in [1.54, 1.807) is 11.3 Å². The van der Waals surface area contributed by atoms with Crippen LogP contribution in [0.1, 0.15) is 30.8 Å². The topological polar surface area (TPSA) is 45.2 Å².